The highest BCUT2D eigenvalue weighted by atomic mass is 16.5. The van der Waals surface area contributed by atoms with Crippen LogP contribution in [0.5, 0.6) is 23.0 Å². The summed E-state index contributed by atoms with van der Waals surface area (Å²) in [5, 5.41) is 0. The van der Waals surface area contributed by atoms with Crippen molar-refractivity contribution in [2.45, 2.75) is 20.3 Å². The first-order chi connectivity index (χ1) is 10.3. The van der Waals surface area contributed by atoms with E-state index in [9.17, 15) is 0 Å². The number of hydrogen-bond donors (Lipinski definition) is 1. The lowest BCUT2D eigenvalue weighted by molar-refractivity contribution is 0.314. The summed E-state index contributed by atoms with van der Waals surface area (Å²) in [7, 11) is 0. The number of rotatable bonds is 7. The number of nitrogen functional groups attached to an aromatic ring is 1. The minimum atomic E-state index is 0.497. The summed E-state index contributed by atoms with van der Waals surface area (Å²) in [6.45, 7) is 5.19. The van der Waals surface area contributed by atoms with Gasteiger partial charge >= 0.3 is 0 Å². The SMILES string of the molecule is CCCOc1cccc(Oc2ccccc2OCC)c1N. The van der Waals surface area contributed by atoms with Crippen LogP contribution in [0.15, 0.2) is 42.5 Å². The Bertz CT molecular complexity index is 584. The Kier molecular flexibility index (Phi) is 5.32. The molecule has 2 aromatic rings. The van der Waals surface area contributed by atoms with Gasteiger partial charge in [0.05, 0.1) is 13.2 Å². The standard InChI is InChI=1S/C17H21NO3/c1-3-12-20-15-10-7-11-16(17(15)18)21-14-9-6-5-8-13(14)19-4-2/h5-11H,3-4,12,18H2,1-2H3. The minimum Gasteiger partial charge on any atom is -0.491 e. The lowest BCUT2D eigenvalue weighted by Gasteiger charge is -2.15. The molecule has 0 aliphatic rings. The Balaban J connectivity index is 2.23. The molecule has 2 N–H and O–H groups in total. The highest BCUT2D eigenvalue weighted by Gasteiger charge is 2.11. The van der Waals surface area contributed by atoms with Gasteiger partial charge in [0.25, 0.3) is 0 Å². The Morgan fingerprint density at radius 2 is 1.48 bits per heavy atom. The van der Waals surface area contributed by atoms with Crippen molar-refractivity contribution < 1.29 is 14.2 Å². The fraction of sp³-hybridized carbons (Fsp3) is 0.294. The van der Waals surface area contributed by atoms with Crippen molar-refractivity contribution in [3.63, 3.8) is 0 Å². The molecule has 0 saturated heterocycles. The lowest BCUT2D eigenvalue weighted by atomic mass is 10.2. The highest BCUT2D eigenvalue weighted by molar-refractivity contribution is 5.64. The second-order valence-electron chi connectivity index (χ2n) is 4.50. The van der Waals surface area contributed by atoms with Crippen LogP contribution in [0.4, 0.5) is 5.69 Å². The van der Waals surface area contributed by atoms with Gasteiger partial charge in [0.15, 0.2) is 17.2 Å². The fourth-order valence-corrected chi connectivity index (χ4v) is 1.88. The Hall–Kier alpha value is -2.36. The summed E-state index contributed by atoms with van der Waals surface area (Å²) in [6.07, 6.45) is 0.928. The summed E-state index contributed by atoms with van der Waals surface area (Å²) in [6, 6.07) is 13.0. The van der Waals surface area contributed by atoms with E-state index >= 15 is 0 Å². The maximum atomic E-state index is 6.11. The summed E-state index contributed by atoms with van der Waals surface area (Å²) >= 11 is 0. The van der Waals surface area contributed by atoms with Crippen LogP contribution in [0.1, 0.15) is 20.3 Å². The number of nitrogens with two attached hydrogens (primary N) is 1. The first-order valence-electron chi connectivity index (χ1n) is 7.17. The molecular formula is C17H21NO3. The molecule has 21 heavy (non-hydrogen) atoms. The van der Waals surface area contributed by atoms with Gasteiger partial charge in [0.1, 0.15) is 11.4 Å². The predicted octanol–water partition coefficient (Wildman–Crippen LogP) is 4.25. The summed E-state index contributed by atoms with van der Waals surface area (Å²) in [4.78, 5) is 0. The molecular weight excluding hydrogens is 266 g/mol. The van der Waals surface area contributed by atoms with Gasteiger partial charge in [-0.2, -0.15) is 0 Å². The van der Waals surface area contributed by atoms with Crippen LogP contribution in [0.3, 0.4) is 0 Å². The van der Waals surface area contributed by atoms with Gasteiger partial charge in [0, 0.05) is 0 Å². The first kappa shape index (κ1) is 15.0. The first-order valence-corrected chi connectivity index (χ1v) is 7.17. The summed E-state index contributed by atoms with van der Waals surface area (Å²) in [5.74, 6) is 2.54. The van der Waals surface area contributed by atoms with Gasteiger partial charge in [-0.05, 0) is 37.6 Å². The second-order valence-corrected chi connectivity index (χ2v) is 4.50. The zero-order valence-corrected chi connectivity index (χ0v) is 12.5. The third-order valence-electron chi connectivity index (χ3n) is 2.86. The van der Waals surface area contributed by atoms with Crippen molar-refractivity contribution in [2.24, 2.45) is 0 Å². The average molecular weight is 287 g/mol. The van der Waals surface area contributed by atoms with Crippen LogP contribution in [0, 0.1) is 0 Å². The number of benzene rings is 2. The molecule has 4 nitrogen and oxygen atoms in total. The quantitative estimate of drug-likeness (QED) is 0.773. The van der Waals surface area contributed by atoms with Crippen LogP contribution < -0.4 is 19.9 Å². The second kappa shape index (κ2) is 7.43. The van der Waals surface area contributed by atoms with Crippen molar-refractivity contribution in [3.05, 3.63) is 42.5 Å². The number of para-hydroxylation sites is 3. The fourth-order valence-electron chi connectivity index (χ4n) is 1.88. The maximum absolute atomic E-state index is 6.11. The van der Waals surface area contributed by atoms with Crippen LogP contribution in [0.2, 0.25) is 0 Å². The van der Waals surface area contributed by atoms with Gasteiger partial charge < -0.3 is 19.9 Å². The molecule has 0 radical (unpaired) electrons. The number of anilines is 1. The maximum Gasteiger partial charge on any atom is 0.169 e. The monoisotopic (exact) mass is 287 g/mol. The highest BCUT2D eigenvalue weighted by Crippen LogP contribution is 2.37. The molecule has 2 aromatic carbocycles. The predicted molar refractivity (Wildman–Crippen MR) is 84.3 cm³/mol. The molecule has 0 aliphatic carbocycles. The molecule has 0 fully saturated rings. The van der Waals surface area contributed by atoms with Crippen molar-refractivity contribution in [1.29, 1.82) is 0 Å². The van der Waals surface area contributed by atoms with Crippen LogP contribution in [0.25, 0.3) is 0 Å². The topological polar surface area (TPSA) is 53.7 Å². The van der Waals surface area contributed by atoms with Crippen LogP contribution in [-0.2, 0) is 0 Å². The largest absolute Gasteiger partial charge is 0.491 e. The van der Waals surface area contributed by atoms with E-state index in [4.69, 9.17) is 19.9 Å². The van der Waals surface area contributed by atoms with Gasteiger partial charge in [-0.15, -0.1) is 0 Å². The van der Waals surface area contributed by atoms with E-state index in [0.29, 0.717) is 41.9 Å². The summed E-state index contributed by atoms with van der Waals surface area (Å²) < 4.78 is 17.0. The normalized spacial score (nSPS) is 10.2. The molecule has 0 aromatic heterocycles. The molecule has 0 bridgehead atoms. The van der Waals surface area contributed by atoms with E-state index < -0.39 is 0 Å². The third kappa shape index (κ3) is 3.81. The van der Waals surface area contributed by atoms with Crippen molar-refractivity contribution in [3.8, 4) is 23.0 Å². The smallest absolute Gasteiger partial charge is 0.169 e. The van der Waals surface area contributed by atoms with E-state index in [2.05, 4.69) is 6.92 Å². The van der Waals surface area contributed by atoms with Crippen molar-refractivity contribution >= 4 is 5.69 Å². The molecule has 0 heterocycles. The summed E-state index contributed by atoms with van der Waals surface area (Å²) in [5.41, 5.74) is 6.60. The molecule has 2 rings (SSSR count). The van der Waals surface area contributed by atoms with Gasteiger partial charge in [-0.1, -0.05) is 25.1 Å². The zero-order chi connectivity index (χ0) is 15.1. The van der Waals surface area contributed by atoms with Crippen LogP contribution in [-0.4, -0.2) is 13.2 Å². The molecule has 0 amide bonds. The minimum absolute atomic E-state index is 0.497. The van der Waals surface area contributed by atoms with Gasteiger partial charge in [0.2, 0.25) is 0 Å². The Morgan fingerprint density at radius 1 is 0.810 bits per heavy atom. The number of hydrogen-bond acceptors (Lipinski definition) is 4. The third-order valence-corrected chi connectivity index (χ3v) is 2.86. The van der Waals surface area contributed by atoms with E-state index in [1.807, 2.05) is 49.4 Å². The molecule has 4 heteroatoms. The lowest BCUT2D eigenvalue weighted by Crippen LogP contribution is -2.01. The Labute approximate surface area is 125 Å². The molecule has 0 spiro atoms. The van der Waals surface area contributed by atoms with Crippen LogP contribution >= 0.6 is 0 Å². The molecule has 0 atom stereocenters. The Morgan fingerprint density at radius 3 is 2.19 bits per heavy atom. The van der Waals surface area contributed by atoms with Crippen molar-refractivity contribution in [2.75, 3.05) is 18.9 Å². The van der Waals surface area contributed by atoms with Crippen molar-refractivity contribution in [1.82, 2.24) is 0 Å². The number of ether oxygens (including phenoxy) is 3. The zero-order valence-electron chi connectivity index (χ0n) is 12.5. The van der Waals surface area contributed by atoms with E-state index in [0.717, 1.165) is 6.42 Å². The van der Waals surface area contributed by atoms with Gasteiger partial charge in [-0.25, -0.2) is 0 Å². The average Bonchev–Trinajstić information content (AvgIpc) is 2.50. The van der Waals surface area contributed by atoms with E-state index in [1.54, 1.807) is 0 Å². The van der Waals surface area contributed by atoms with Gasteiger partial charge in [-0.3, -0.25) is 0 Å². The molecule has 0 saturated carbocycles. The molecule has 0 aliphatic heterocycles. The van der Waals surface area contributed by atoms with E-state index in [1.165, 1.54) is 0 Å². The van der Waals surface area contributed by atoms with E-state index in [-0.39, 0.29) is 0 Å². The molecule has 112 valence electrons. The molecule has 0 unspecified atom stereocenters.